The number of ether oxygens (including phenoxy) is 1. The summed E-state index contributed by atoms with van der Waals surface area (Å²) >= 11 is 1.18. The second kappa shape index (κ2) is 9.60. The van der Waals surface area contributed by atoms with Crippen LogP contribution in [-0.2, 0) is 19.6 Å². The highest BCUT2D eigenvalue weighted by atomic mass is 32.2. The third-order valence-corrected chi connectivity index (χ3v) is 8.11. The van der Waals surface area contributed by atoms with Gasteiger partial charge >= 0.3 is 5.97 Å². The first-order chi connectivity index (χ1) is 13.9. The fraction of sp³-hybridized carbons (Fsp3) is 0.400. The summed E-state index contributed by atoms with van der Waals surface area (Å²) in [6, 6.07) is 8.61. The summed E-state index contributed by atoms with van der Waals surface area (Å²) in [7, 11) is -3.49. The van der Waals surface area contributed by atoms with Crippen molar-refractivity contribution in [3.05, 3.63) is 53.2 Å². The van der Waals surface area contributed by atoms with E-state index in [1.807, 2.05) is 0 Å². The number of hydrogen-bond acceptors (Lipinski definition) is 6. The highest BCUT2D eigenvalue weighted by molar-refractivity contribution is 7.91. The summed E-state index contributed by atoms with van der Waals surface area (Å²) in [5.41, 5.74) is 0.428. The van der Waals surface area contributed by atoms with Gasteiger partial charge in [0.25, 0.3) is 10.0 Å². The number of carbonyl (C=O) groups is 2. The van der Waals surface area contributed by atoms with E-state index in [-0.39, 0.29) is 43.8 Å². The van der Waals surface area contributed by atoms with Gasteiger partial charge in [-0.2, -0.15) is 4.31 Å². The normalized spacial score (nSPS) is 15.9. The van der Waals surface area contributed by atoms with Crippen molar-refractivity contribution in [2.24, 2.45) is 5.92 Å². The lowest BCUT2D eigenvalue weighted by molar-refractivity contribution is -0.149. The van der Waals surface area contributed by atoms with Crippen LogP contribution in [0.1, 0.15) is 36.0 Å². The summed E-state index contributed by atoms with van der Waals surface area (Å²) in [6.45, 7) is 0.686. The smallest absolute Gasteiger partial charge is 0.309 e. The molecule has 1 saturated heterocycles. The molecule has 0 spiro atoms. The Morgan fingerprint density at radius 1 is 1.14 bits per heavy atom. The number of rotatable bonds is 8. The quantitative estimate of drug-likeness (QED) is 0.357. The number of esters is 1. The number of hydrogen-bond donors (Lipinski definition) is 0. The minimum atomic E-state index is -3.49. The molecule has 0 aliphatic carbocycles. The van der Waals surface area contributed by atoms with Crippen molar-refractivity contribution < 1.29 is 27.1 Å². The van der Waals surface area contributed by atoms with Gasteiger partial charge in [0, 0.05) is 25.1 Å². The molecule has 3 rings (SSSR count). The van der Waals surface area contributed by atoms with Crippen molar-refractivity contribution in [3.8, 4) is 0 Å². The van der Waals surface area contributed by atoms with Crippen LogP contribution in [0.15, 0.2) is 46.0 Å². The van der Waals surface area contributed by atoms with Crippen LogP contribution in [0.2, 0.25) is 0 Å². The molecule has 0 unspecified atom stereocenters. The van der Waals surface area contributed by atoms with Gasteiger partial charge in [0.05, 0.1) is 12.5 Å². The van der Waals surface area contributed by atoms with Gasteiger partial charge < -0.3 is 4.74 Å². The Bertz CT molecular complexity index is 934. The average Bonchev–Trinajstić information content (AvgIpc) is 3.27. The van der Waals surface area contributed by atoms with Crippen molar-refractivity contribution in [2.45, 2.75) is 29.9 Å². The summed E-state index contributed by atoms with van der Waals surface area (Å²) < 4.78 is 44.9. The number of carbonyl (C=O) groups excluding carboxylic acids is 2. The molecule has 9 heteroatoms. The second-order valence-electron chi connectivity index (χ2n) is 6.81. The Balaban J connectivity index is 1.39. The highest BCUT2D eigenvalue weighted by Crippen LogP contribution is 2.26. The molecule has 1 aliphatic heterocycles. The van der Waals surface area contributed by atoms with Crippen molar-refractivity contribution in [1.29, 1.82) is 0 Å². The standard InChI is InChI=1S/C20H22FNO5S2/c21-17-7-5-15(6-8-17)18(23)3-1-13-27-20(24)16-9-11-22(12-10-16)29(25,26)19-4-2-14-28-19/h2,4-8,14,16H,1,3,9-13H2. The minimum absolute atomic E-state index is 0.124. The average molecular weight is 440 g/mol. The van der Waals surface area contributed by atoms with Gasteiger partial charge in [0.1, 0.15) is 10.0 Å². The molecule has 0 saturated carbocycles. The van der Waals surface area contributed by atoms with Gasteiger partial charge in [0.2, 0.25) is 0 Å². The van der Waals surface area contributed by atoms with Crippen LogP contribution < -0.4 is 0 Å². The van der Waals surface area contributed by atoms with Gasteiger partial charge in [-0.25, -0.2) is 12.8 Å². The predicted octanol–water partition coefficient (Wildman–Crippen LogP) is 3.49. The Hall–Kier alpha value is -2.10. The van der Waals surface area contributed by atoms with Gasteiger partial charge in [-0.1, -0.05) is 6.07 Å². The summed E-state index contributed by atoms with van der Waals surface area (Å²) in [5, 5.41) is 1.72. The van der Waals surface area contributed by atoms with Crippen LogP contribution in [0.25, 0.3) is 0 Å². The fourth-order valence-corrected chi connectivity index (χ4v) is 5.79. The molecule has 1 aliphatic rings. The maximum absolute atomic E-state index is 12.9. The van der Waals surface area contributed by atoms with Gasteiger partial charge in [-0.3, -0.25) is 9.59 Å². The molecule has 1 aromatic heterocycles. The summed E-state index contributed by atoms with van der Waals surface area (Å²) in [5.74, 6) is -1.22. The number of Topliss-reactive ketones (excluding diaryl/α,β-unsaturated/α-hetero) is 1. The second-order valence-corrected chi connectivity index (χ2v) is 9.92. The Labute approximate surface area is 173 Å². The number of piperidine rings is 1. The van der Waals surface area contributed by atoms with Crippen LogP contribution in [0, 0.1) is 11.7 Å². The van der Waals surface area contributed by atoms with Gasteiger partial charge in [-0.05, 0) is 55.0 Å². The van der Waals surface area contributed by atoms with Crippen LogP contribution in [0.5, 0.6) is 0 Å². The van der Waals surface area contributed by atoms with E-state index in [1.54, 1.807) is 17.5 Å². The monoisotopic (exact) mass is 439 g/mol. The number of halogens is 1. The molecule has 0 atom stereocenters. The van der Waals surface area contributed by atoms with E-state index < -0.39 is 15.8 Å². The third kappa shape index (κ3) is 5.49. The maximum atomic E-state index is 12.9. The van der Waals surface area contributed by atoms with E-state index in [0.29, 0.717) is 29.0 Å². The number of nitrogens with zero attached hydrogens (tertiary/aromatic N) is 1. The zero-order valence-electron chi connectivity index (χ0n) is 15.8. The molecule has 0 N–H and O–H groups in total. The van der Waals surface area contributed by atoms with Crippen molar-refractivity contribution in [1.82, 2.24) is 4.31 Å². The highest BCUT2D eigenvalue weighted by Gasteiger charge is 2.33. The van der Waals surface area contributed by atoms with Gasteiger partial charge in [0.15, 0.2) is 5.78 Å². The van der Waals surface area contributed by atoms with E-state index in [2.05, 4.69) is 0 Å². The van der Waals surface area contributed by atoms with E-state index >= 15 is 0 Å². The predicted molar refractivity (Wildman–Crippen MR) is 107 cm³/mol. The van der Waals surface area contributed by atoms with Crippen LogP contribution in [0.3, 0.4) is 0 Å². The van der Waals surface area contributed by atoms with Crippen molar-refractivity contribution in [3.63, 3.8) is 0 Å². The van der Waals surface area contributed by atoms with Crippen molar-refractivity contribution in [2.75, 3.05) is 19.7 Å². The lowest BCUT2D eigenvalue weighted by atomic mass is 9.98. The first kappa shape index (κ1) is 21.6. The zero-order chi connectivity index (χ0) is 20.9. The molecular formula is C20H22FNO5S2. The SMILES string of the molecule is O=C(CCCOC(=O)C1CCN(S(=O)(=O)c2cccs2)CC1)c1ccc(F)cc1. The van der Waals surface area contributed by atoms with Crippen LogP contribution in [0.4, 0.5) is 4.39 Å². The Morgan fingerprint density at radius 3 is 2.45 bits per heavy atom. The van der Waals surface area contributed by atoms with Gasteiger partial charge in [-0.15, -0.1) is 11.3 Å². The molecule has 156 valence electrons. The lowest BCUT2D eigenvalue weighted by Crippen LogP contribution is -2.40. The summed E-state index contributed by atoms with van der Waals surface area (Å²) in [4.78, 5) is 24.2. The minimum Gasteiger partial charge on any atom is -0.465 e. The molecule has 1 aromatic carbocycles. The molecular weight excluding hydrogens is 417 g/mol. The van der Waals surface area contributed by atoms with E-state index in [1.165, 1.54) is 39.9 Å². The summed E-state index contributed by atoms with van der Waals surface area (Å²) in [6.07, 6.45) is 1.42. The van der Waals surface area contributed by atoms with E-state index in [0.717, 1.165) is 0 Å². The molecule has 0 bridgehead atoms. The van der Waals surface area contributed by atoms with Crippen LogP contribution in [-0.4, -0.2) is 44.2 Å². The molecule has 0 radical (unpaired) electrons. The lowest BCUT2D eigenvalue weighted by Gasteiger charge is -2.29. The number of thiophene rings is 1. The van der Waals surface area contributed by atoms with E-state index in [4.69, 9.17) is 4.74 Å². The number of benzene rings is 1. The first-order valence-corrected chi connectivity index (χ1v) is 11.7. The largest absolute Gasteiger partial charge is 0.465 e. The van der Waals surface area contributed by atoms with E-state index in [9.17, 15) is 22.4 Å². The third-order valence-electron chi connectivity index (χ3n) is 4.84. The first-order valence-electron chi connectivity index (χ1n) is 9.37. The number of ketones is 1. The maximum Gasteiger partial charge on any atom is 0.309 e. The Morgan fingerprint density at radius 2 is 1.83 bits per heavy atom. The zero-order valence-corrected chi connectivity index (χ0v) is 17.4. The number of sulfonamides is 1. The van der Waals surface area contributed by atoms with Crippen LogP contribution >= 0.6 is 11.3 Å². The topological polar surface area (TPSA) is 80.8 Å². The molecule has 29 heavy (non-hydrogen) atoms. The van der Waals surface area contributed by atoms with Crippen molar-refractivity contribution >= 4 is 33.1 Å². The molecule has 0 amide bonds. The molecule has 2 aromatic rings. The molecule has 1 fully saturated rings. The molecule has 6 nitrogen and oxygen atoms in total. The Kier molecular flexibility index (Phi) is 7.15. The molecule has 2 heterocycles. The fourth-order valence-electron chi connectivity index (χ4n) is 3.17.